The van der Waals surface area contributed by atoms with Crippen molar-refractivity contribution in [1.82, 2.24) is 0 Å². The molecule has 0 aliphatic rings. The fourth-order valence-electron chi connectivity index (χ4n) is 2.00. The monoisotopic (exact) mass is 255 g/mol. The topological polar surface area (TPSA) is 80.4 Å². The minimum absolute atomic E-state index is 0.452. The summed E-state index contributed by atoms with van der Waals surface area (Å²) in [5.41, 5.74) is 5.39. The largest absolute Gasteiger partial charge is 0.475 e. The third kappa shape index (κ3) is 2.26. The van der Waals surface area contributed by atoms with Crippen molar-refractivity contribution < 1.29 is 14.7 Å². The maximum atomic E-state index is 12.0. The number of hydrogen-bond donors (Lipinski definition) is 2. The number of aliphatic carboxylic acids is 1. The molecule has 2 rings (SSSR count). The van der Waals surface area contributed by atoms with E-state index in [4.69, 9.17) is 10.8 Å². The smallest absolute Gasteiger partial charge is 0.374 e. The van der Waals surface area contributed by atoms with Crippen LogP contribution in [0.1, 0.15) is 11.1 Å². The van der Waals surface area contributed by atoms with Crippen molar-refractivity contribution in [3.8, 4) is 0 Å². The lowest BCUT2D eigenvalue weighted by molar-refractivity contribution is -0.151. The molecule has 2 aromatic rings. The number of carboxylic acid groups (broad SMARTS) is 1. The van der Waals surface area contributed by atoms with E-state index >= 15 is 0 Å². The van der Waals surface area contributed by atoms with Gasteiger partial charge in [-0.3, -0.25) is 4.79 Å². The van der Waals surface area contributed by atoms with Crippen LogP contribution in [0, 0.1) is 0 Å². The molecule has 0 unspecified atom stereocenters. The van der Waals surface area contributed by atoms with Gasteiger partial charge in [-0.25, -0.2) is 4.79 Å². The minimum atomic E-state index is -1.67. The Morgan fingerprint density at radius 3 is 1.53 bits per heavy atom. The third-order valence-electron chi connectivity index (χ3n) is 3.01. The summed E-state index contributed by atoms with van der Waals surface area (Å²) >= 11 is 0. The van der Waals surface area contributed by atoms with Gasteiger partial charge in [-0.15, -0.1) is 0 Å². The molecule has 0 radical (unpaired) electrons. The Labute approximate surface area is 110 Å². The minimum Gasteiger partial charge on any atom is -0.475 e. The van der Waals surface area contributed by atoms with Crippen LogP contribution in [0.25, 0.3) is 0 Å². The first kappa shape index (κ1) is 13.0. The van der Waals surface area contributed by atoms with Crippen molar-refractivity contribution >= 4 is 11.8 Å². The molecule has 0 fully saturated rings. The Morgan fingerprint density at radius 2 is 1.21 bits per heavy atom. The van der Waals surface area contributed by atoms with Crippen molar-refractivity contribution in [1.29, 1.82) is 0 Å². The van der Waals surface area contributed by atoms with Gasteiger partial charge in [0.2, 0.25) is 0 Å². The van der Waals surface area contributed by atoms with Gasteiger partial charge >= 0.3 is 5.97 Å². The van der Waals surface area contributed by atoms with Crippen molar-refractivity contribution in [3.05, 3.63) is 71.8 Å². The summed E-state index contributed by atoms with van der Waals surface area (Å²) in [6.45, 7) is 0. The average Bonchev–Trinajstić information content (AvgIpc) is 2.47. The lowest BCUT2D eigenvalue weighted by Crippen LogP contribution is -2.49. The maximum Gasteiger partial charge on any atom is 0.374 e. The van der Waals surface area contributed by atoms with Crippen LogP contribution in [0.3, 0.4) is 0 Å². The second-order valence-corrected chi connectivity index (χ2v) is 4.17. The molecule has 4 heteroatoms. The Kier molecular flexibility index (Phi) is 3.44. The number of rotatable bonds is 4. The number of hydrogen-bond acceptors (Lipinski definition) is 3. The van der Waals surface area contributed by atoms with Crippen LogP contribution in [-0.2, 0) is 15.1 Å². The zero-order valence-corrected chi connectivity index (χ0v) is 10.1. The van der Waals surface area contributed by atoms with Gasteiger partial charge in [-0.05, 0) is 11.1 Å². The molecule has 19 heavy (non-hydrogen) atoms. The second kappa shape index (κ2) is 5.04. The Balaban J connectivity index is 2.64. The first-order valence-electron chi connectivity index (χ1n) is 5.74. The predicted molar refractivity (Wildman–Crippen MR) is 70.5 cm³/mol. The number of ketones is 1. The van der Waals surface area contributed by atoms with Gasteiger partial charge in [0.15, 0.2) is 0 Å². The molecule has 0 aromatic heterocycles. The Bertz CT molecular complexity index is 554. The molecule has 0 atom stereocenters. The van der Waals surface area contributed by atoms with Crippen LogP contribution in [0.4, 0.5) is 0 Å². The van der Waals surface area contributed by atoms with Crippen LogP contribution in [0.5, 0.6) is 0 Å². The highest BCUT2D eigenvalue weighted by atomic mass is 16.4. The van der Waals surface area contributed by atoms with Gasteiger partial charge in [0.1, 0.15) is 5.54 Å². The fraction of sp³-hybridized carbons (Fsp3) is 0.0667. The molecule has 0 aliphatic carbocycles. The molecule has 0 saturated heterocycles. The van der Waals surface area contributed by atoms with Crippen molar-refractivity contribution in [3.63, 3.8) is 0 Å². The van der Waals surface area contributed by atoms with E-state index in [2.05, 4.69) is 0 Å². The van der Waals surface area contributed by atoms with Gasteiger partial charge in [-0.2, -0.15) is 0 Å². The first-order chi connectivity index (χ1) is 9.06. The molecule has 0 bridgehead atoms. The number of Topliss-reactive ketones (excluding diaryl/α,β-unsaturated/α-hetero) is 1. The second-order valence-electron chi connectivity index (χ2n) is 4.17. The summed E-state index contributed by atoms with van der Waals surface area (Å²) in [7, 11) is 0. The van der Waals surface area contributed by atoms with E-state index in [1.54, 1.807) is 60.7 Å². The van der Waals surface area contributed by atoms with Gasteiger partial charge in [0, 0.05) is 0 Å². The Hall–Kier alpha value is -2.46. The highest BCUT2D eigenvalue weighted by molar-refractivity contribution is 6.37. The molecule has 0 amide bonds. The van der Waals surface area contributed by atoms with E-state index < -0.39 is 17.3 Å². The Morgan fingerprint density at radius 1 is 0.842 bits per heavy atom. The van der Waals surface area contributed by atoms with Crippen LogP contribution in [0.2, 0.25) is 0 Å². The van der Waals surface area contributed by atoms with E-state index in [0.29, 0.717) is 11.1 Å². The van der Waals surface area contributed by atoms with Crippen LogP contribution in [-0.4, -0.2) is 16.9 Å². The molecule has 96 valence electrons. The van der Waals surface area contributed by atoms with Crippen molar-refractivity contribution in [2.45, 2.75) is 5.54 Å². The molecule has 4 nitrogen and oxygen atoms in total. The number of carboxylic acids is 1. The van der Waals surface area contributed by atoms with E-state index in [-0.39, 0.29) is 0 Å². The number of carbonyl (C=O) groups excluding carboxylic acids is 1. The normalized spacial score (nSPS) is 11.0. The zero-order chi connectivity index (χ0) is 13.9. The van der Waals surface area contributed by atoms with Crippen LogP contribution >= 0.6 is 0 Å². The maximum absolute atomic E-state index is 12.0. The molecule has 0 aliphatic heterocycles. The summed E-state index contributed by atoms with van der Waals surface area (Å²) in [4.78, 5) is 23.1. The number of nitrogens with two attached hydrogens (primary N) is 1. The van der Waals surface area contributed by atoms with Gasteiger partial charge in [-0.1, -0.05) is 60.7 Å². The molecular formula is C15H13NO3. The SMILES string of the molecule is NC(C(=O)C(=O)O)(c1ccccc1)c1ccccc1. The predicted octanol–water partition coefficient (Wildman–Crippen LogP) is 1.54. The van der Waals surface area contributed by atoms with E-state index in [1.165, 1.54) is 0 Å². The van der Waals surface area contributed by atoms with Gasteiger partial charge in [0.25, 0.3) is 5.78 Å². The molecule has 0 heterocycles. The molecule has 0 spiro atoms. The zero-order valence-electron chi connectivity index (χ0n) is 10.1. The quantitative estimate of drug-likeness (QED) is 0.812. The van der Waals surface area contributed by atoms with E-state index in [0.717, 1.165) is 0 Å². The highest BCUT2D eigenvalue weighted by Gasteiger charge is 2.41. The number of benzene rings is 2. The summed E-state index contributed by atoms with van der Waals surface area (Å²) in [5.74, 6) is -2.60. The standard InChI is InChI=1S/C15H13NO3/c16-15(13(17)14(18)19,11-7-3-1-4-8-11)12-9-5-2-6-10-12/h1-10H,16H2,(H,18,19). The average molecular weight is 255 g/mol. The summed E-state index contributed by atoms with van der Waals surface area (Å²) in [5, 5.41) is 9.01. The molecule has 3 N–H and O–H groups in total. The lowest BCUT2D eigenvalue weighted by atomic mass is 9.80. The molecule has 2 aromatic carbocycles. The third-order valence-corrected chi connectivity index (χ3v) is 3.01. The molecule has 0 saturated carbocycles. The number of carbonyl (C=O) groups is 2. The highest BCUT2D eigenvalue weighted by Crippen LogP contribution is 2.28. The van der Waals surface area contributed by atoms with E-state index in [9.17, 15) is 9.59 Å². The van der Waals surface area contributed by atoms with Gasteiger partial charge < -0.3 is 10.8 Å². The van der Waals surface area contributed by atoms with Crippen LogP contribution in [0.15, 0.2) is 60.7 Å². The van der Waals surface area contributed by atoms with Crippen LogP contribution < -0.4 is 5.73 Å². The van der Waals surface area contributed by atoms with Gasteiger partial charge in [0.05, 0.1) is 0 Å². The van der Waals surface area contributed by atoms with Crippen molar-refractivity contribution in [2.24, 2.45) is 5.73 Å². The fourth-order valence-corrected chi connectivity index (χ4v) is 2.00. The summed E-state index contributed by atoms with van der Waals surface area (Å²) in [6.07, 6.45) is 0. The summed E-state index contributed by atoms with van der Waals surface area (Å²) in [6, 6.07) is 17.0. The molecular weight excluding hydrogens is 242 g/mol. The van der Waals surface area contributed by atoms with Crippen molar-refractivity contribution in [2.75, 3.05) is 0 Å². The summed E-state index contributed by atoms with van der Waals surface area (Å²) < 4.78 is 0. The van der Waals surface area contributed by atoms with E-state index in [1.807, 2.05) is 0 Å². The first-order valence-corrected chi connectivity index (χ1v) is 5.74. The lowest BCUT2D eigenvalue weighted by Gasteiger charge is -2.27.